The first kappa shape index (κ1) is 14.6. The van der Waals surface area contributed by atoms with Gasteiger partial charge in [0.15, 0.2) is 0 Å². The lowest BCUT2D eigenvalue weighted by Crippen LogP contribution is -2.50. The van der Waals surface area contributed by atoms with Gasteiger partial charge in [0, 0.05) is 11.4 Å². The number of hydrogen-bond donors (Lipinski definition) is 1. The van der Waals surface area contributed by atoms with E-state index in [1.54, 1.807) is 10.9 Å². The summed E-state index contributed by atoms with van der Waals surface area (Å²) in [5, 5.41) is 10.2. The molecule has 0 spiro atoms. The summed E-state index contributed by atoms with van der Waals surface area (Å²) in [5.74, 6) is 0. The highest BCUT2D eigenvalue weighted by Crippen LogP contribution is 2.31. The second kappa shape index (κ2) is 5.56. The molecule has 0 atom stereocenters. The predicted molar refractivity (Wildman–Crippen MR) is 89.7 cm³/mol. The summed E-state index contributed by atoms with van der Waals surface area (Å²) in [4.78, 5) is 18.9. The van der Waals surface area contributed by atoms with E-state index in [1.807, 2.05) is 36.4 Å². The topological polar surface area (TPSA) is 64.4 Å². The zero-order valence-electron chi connectivity index (χ0n) is 12.4. The van der Waals surface area contributed by atoms with Gasteiger partial charge in [-0.25, -0.2) is 4.98 Å². The second-order valence-corrected chi connectivity index (χ2v) is 7.05. The number of nitrogens with zero attached hydrogens (tertiary/aromatic N) is 2. The summed E-state index contributed by atoms with van der Waals surface area (Å²) in [6, 6.07) is 11.9. The van der Waals surface area contributed by atoms with Gasteiger partial charge in [0.2, 0.25) is 0 Å². The first-order chi connectivity index (χ1) is 11.2. The van der Waals surface area contributed by atoms with Gasteiger partial charge >= 0.3 is 0 Å². The molecule has 5 nitrogen and oxygen atoms in total. The molecule has 3 aromatic rings. The molecular weight excluding hydrogens is 312 g/mol. The summed E-state index contributed by atoms with van der Waals surface area (Å²) < 4.78 is 6.78. The van der Waals surface area contributed by atoms with E-state index in [0.717, 1.165) is 15.3 Å². The summed E-state index contributed by atoms with van der Waals surface area (Å²) >= 11 is 1.52. The molecule has 2 aromatic heterocycles. The Hall–Kier alpha value is -2.02. The quantitative estimate of drug-likeness (QED) is 0.797. The molecule has 0 unspecified atom stereocenters. The van der Waals surface area contributed by atoms with Crippen molar-refractivity contribution in [2.24, 2.45) is 5.41 Å². The monoisotopic (exact) mass is 328 g/mol. The van der Waals surface area contributed by atoms with E-state index >= 15 is 0 Å². The number of aliphatic hydroxyl groups is 1. The van der Waals surface area contributed by atoms with Crippen LogP contribution in [0.1, 0.15) is 0 Å². The van der Waals surface area contributed by atoms with Crippen molar-refractivity contribution in [1.82, 2.24) is 9.55 Å². The van der Waals surface area contributed by atoms with Gasteiger partial charge in [-0.05, 0) is 11.6 Å². The van der Waals surface area contributed by atoms with Gasteiger partial charge in [0.25, 0.3) is 5.56 Å². The van der Waals surface area contributed by atoms with E-state index in [0.29, 0.717) is 25.1 Å². The van der Waals surface area contributed by atoms with Gasteiger partial charge in [-0.2, -0.15) is 0 Å². The van der Waals surface area contributed by atoms with Crippen molar-refractivity contribution in [2.45, 2.75) is 6.54 Å². The van der Waals surface area contributed by atoms with Crippen molar-refractivity contribution < 1.29 is 9.84 Å². The van der Waals surface area contributed by atoms with Crippen molar-refractivity contribution in [3.63, 3.8) is 0 Å². The van der Waals surface area contributed by atoms with E-state index in [4.69, 9.17) is 4.74 Å². The fraction of sp³-hybridized carbons (Fsp3) is 0.294. The lowest BCUT2D eigenvalue weighted by molar-refractivity contribution is -0.145. The minimum atomic E-state index is -0.350. The number of aromatic nitrogens is 2. The number of aliphatic hydroxyl groups excluding tert-OH is 1. The molecule has 1 fully saturated rings. The molecule has 4 rings (SSSR count). The lowest BCUT2D eigenvalue weighted by Gasteiger charge is -2.39. The van der Waals surface area contributed by atoms with Crippen LogP contribution in [0.5, 0.6) is 0 Å². The van der Waals surface area contributed by atoms with Crippen LogP contribution < -0.4 is 5.56 Å². The average molecular weight is 328 g/mol. The lowest BCUT2D eigenvalue weighted by atomic mass is 9.87. The Morgan fingerprint density at radius 2 is 2.09 bits per heavy atom. The normalized spacial score (nSPS) is 16.4. The molecule has 1 N–H and O–H groups in total. The number of fused-ring (bicyclic) bond motifs is 1. The molecule has 1 saturated heterocycles. The zero-order valence-corrected chi connectivity index (χ0v) is 13.3. The van der Waals surface area contributed by atoms with Crippen LogP contribution in [0.2, 0.25) is 0 Å². The minimum absolute atomic E-state index is 0.0103. The molecule has 1 aromatic carbocycles. The number of ether oxygens (including phenoxy) is 1. The van der Waals surface area contributed by atoms with E-state index in [1.165, 1.54) is 11.3 Å². The SMILES string of the molecule is O=c1c2cc(-c3ccccc3)sc2ncn1CC1(CO)COC1. The highest BCUT2D eigenvalue weighted by Gasteiger charge is 2.38. The number of benzene rings is 1. The van der Waals surface area contributed by atoms with Gasteiger partial charge in [0.1, 0.15) is 4.83 Å². The largest absolute Gasteiger partial charge is 0.396 e. The van der Waals surface area contributed by atoms with Crippen LogP contribution >= 0.6 is 11.3 Å². The molecule has 0 amide bonds. The Kier molecular flexibility index (Phi) is 3.52. The Labute approximate surface area is 136 Å². The molecule has 6 heteroatoms. The Morgan fingerprint density at radius 3 is 2.74 bits per heavy atom. The van der Waals surface area contributed by atoms with Crippen LogP contribution in [0.15, 0.2) is 47.5 Å². The van der Waals surface area contributed by atoms with Gasteiger partial charge in [-0.1, -0.05) is 30.3 Å². The smallest absolute Gasteiger partial charge is 0.262 e. The highest BCUT2D eigenvalue weighted by atomic mass is 32.1. The van der Waals surface area contributed by atoms with E-state index in [-0.39, 0.29) is 17.6 Å². The average Bonchev–Trinajstić information content (AvgIpc) is 2.99. The molecular formula is C17H16N2O3S. The third kappa shape index (κ3) is 2.49. The van der Waals surface area contributed by atoms with Crippen LogP contribution in [0, 0.1) is 5.41 Å². The summed E-state index contributed by atoms with van der Waals surface area (Å²) in [7, 11) is 0. The van der Waals surface area contributed by atoms with Crippen molar-refractivity contribution in [1.29, 1.82) is 0 Å². The minimum Gasteiger partial charge on any atom is -0.396 e. The van der Waals surface area contributed by atoms with Crippen LogP contribution in [0.3, 0.4) is 0 Å². The van der Waals surface area contributed by atoms with Crippen LogP contribution in [-0.4, -0.2) is 34.5 Å². The van der Waals surface area contributed by atoms with Crippen molar-refractivity contribution in [2.75, 3.05) is 19.8 Å². The maximum atomic E-state index is 12.7. The zero-order chi connectivity index (χ0) is 15.9. The molecule has 118 valence electrons. The summed E-state index contributed by atoms with van der Waals surface area (Å²) in [5.41, 5.74) is 0.672. The second-order valence-electron chi connectivity index (χ2n) is 6.02. The van der Waals surface area contributed by atoms with Crippen molar-refractivity contribution in [3.05, 3.63) is 53.1 Å². The van der Waals surface area contributed by atoms with Crippen LogP contribution in [-0.2, 0) is 11.3 Å². The van der Waals surface area contributed by atoms with Gasteiger partial charge in [-0.15, -0.1) is 11.3 Å². The van der Waals surface area contributed by atoms with Gasteiger partial charge in [-0.3, -0.25) is 9.36 Å². The van der Waals surface area contributed by atoms with E-state index in [9.17, 15) is 9.90 Å². The van der Waals surface area contributed by atoms with Crippen molar-refractivity contribution in [3.8, 4) is 10.4 Å². The fourth-order valence-electron chi connectivity index (χ4n) is 2.80. The third-order valence-corrected chi connectivity index (χ3v) is 5.33. The maximum absolute atomic E-state index is 12.7. The van der Waals surface area contributed by atoms with Crippen LogP contribution in [0.25, 0.3) is 20.7 Å². The summed E-state index contributed by atoms with van der Waals surface area (Å²) in [6.45, 7) is 1.40. The number of hydrogen-bond acceptors (Lipinski definition) is 5. The molecule has 0 aliphatic carbocycles. The standard InChI is InChI=1S/C17H16N2O3S/c20-8-17(9-22-10-17)7-19-11-18-15-13(16(19)21)6-14(23-15)12-4-2-1-3-5-12/h1-6,11,20H,7-10H2. The number of rotatable bonds is 4. The van der Waals surface area contributed by atoms with Gasteiger partial charge in [0.05, 0.1) is 36.9 Å². The van der Waals surface area contributed by atoms with E-state index < -0.39 is 0 Å². The molecule has 1 aliphatic heterocycles. The van der Waals surface area contributed by atoms with Crippen LogP contribution in [0.4, 0.5) is 0 Å². The Bertz CT molecular complexity index is 892. The molecule has 0 bridgehead atoms. The molecule has 1 aliphatic rings. The highest BCUT2D eigenvalue weighted by molar-refractivity contribution is 7.21. The first-order valence-electron chi connectivity index (χ1n) is 7.44. The Morgan fingerprint density at radius 1 is 1.30 bits per heavy atom. The van der Waals surface area contributed by atoms with Gasteiger partial charge < -0.3 is 9.84 Å². The Balaban J connectivity index is 1.75. The molecule has 3 heterocycles. The molecule has 23 heavy (non-hydrogen) atoms. The number of thiophene rings is 1. The molecule has 0 saturated carbocycles. The molecule has 0 radical (unpaired) electrons. The third-order valence-electron chi connectivity index (χ3n) is 4.23. The predicted octanol–water partition coefficient (Wildman–Crippen LogP) is 2.13. The maximum Gasteiger partial charge on any atom is 0.262 e. The van der Waals surface area contributed by atoms with E-state index in [2.05, 4.69) is 4.98 Å². The van der Waals surface area contributed by atoms with Crippen molar-refractivity contribution >= 4 is 21.6 Å². The summed E-state index contributed by atoms with van der Waals surface area (Å²) in [6.07, 6.45) is 1.58. The first-order valence-corrected chi connectivity index (χ1v) is 8.25. The fourth-order valence-corrected chi connectivity index (χ4v) is 3.80.